The van der Waals surface area contributed by atoms with Gasteiger partial charge in [0.25, 0.3) is 0 Å². The SMILES string of the molecule is CC(C)[O-].CC(C)[O-].CC(C)[O-].COc1cc[c]([Ti+3][C]2=CC=CC2)cc1. The average molecular weight is 397 g/mol. The van der Waals surface area contributed by atoms with Crippen LogP contribution in [0.3, 0.4) is 0 Å². The molecular formula is C21H33O4Ti. The summed E-state index contributed by atoms with van der Waals surface area (Å²) in [6.07, 6.45) is 6.54. The Balaban J connectivity index is 0. The number of ether oxygens (including phenoxy) is 1. The van der Waals surface area contributed by atoms with E-state index in [0.717, 1.165) is 12.2 Å². The van der Waals surface area contributed by atoms with Gasteiger partial charge in [-0.1, -0.05) is 41.5 Å². The summed E-state index contributed by atoms with van der Waals surface area (Å²) < 4.78 is 8.21. The van der Waals surface area contributed by atoms with E-state index in [4.69, 9.17) is 4.74 Å². The molecular weight excluding hydrogens is 364 g/mol. The van der Waals surface area contributed by atoms with E-state index in [1.54, 1.807) is 52.5 Å². The van der Waals surface area contributed by atoms with Crippen molar-refractivity contribution in [3.05, 3.63) is 46.4 Å². The number of hydrogen-bond acceptors (Lipinski definition) is 4. The van der Waals surface area contributed by atoms with Gasteiger partial charge in [-0.15, -0.1) is 18.3 Å². The second-order valence-corrected chi connectivity index (χ2v) is 8.62. The van der Waals surface area contributed by atoms with Crippen LogP contribution in [0, 0.1) is 0 Å². The van der Waals surface area contributed by atoms with Gasteiger partial charge >= 0.3 is 93.4 Å². The second-order valence-electron chi connectivity index (χ2n) is 6.32. The summed E-state index contributed by atoms with van der Waals surface area (Å²) in [5.74, 6) is 0.943. The topological polar surface area (TPSA) is 78.4 Å². The molecule has 0 heterocycles. The summed E-state index contributed by atoms with van der Waals surface area (Å²) in [6.45, 7) is 9.67. The van der Waals surface area contributed by atoms with Crippen LogP contribution in [-0.2, 0) is 19.2 Å². The molecule has 4 nitrogen and oxygen atoms in total. The fourth-order valence-electron chi connectivity index (χ4n) is 1.40. The van der Waals surface area contributed by atoms with Gasteiger partial charge in [-0.3, -0.25) is 0 Å². The molecule has 0 N–H and O–H groups in total. The van der Waals surface area contributed by atoms with Gasteiger partial charge < -0.3 is 15.3 Å². The van der Waals surface area contributed by atoms with Crippen LogP contribution >= 0.6 is 0 Å². The molecule has 1 aliphatic carbocycles. The molecule has 0 radical (unpaired) electrons. The van der Waals surface area contributed by atoms with Crippen LogP contribution in [0.2, 0.25) is 0 Å². The molecule has 0 unspecified atom stereocenters. The van der Waals surface area contributed by atoms with E-state index < -0.39 is 18.3 Å². The Labute approximate surface area is 168 Å². The van der Waals surface area contributed by atoms with Gasteiger partial charge in [0.1, 0.15) is 0 Å². The summed E-state index contributed by atoms with van der Waals surface area (Å²) in [5, 5.41) is 28.6. The Morgan fingerprint density at radius 1 is 0.846 bits per heavy atom. The molecule has 145 valence electrons. The maximum atomic E-state index is 9.53. The van der Waals surface area contributed by atoms with Crippen LogP contribution in [-0.4, -0.2) is 25.4 Å². The number of benzene rings is 1. The normalized spacial score (nSPS) is 11.5. The van der Waals surface area contributed by atoms with Crippen LogP contribution in [0.25, 0.3) is 0 Å². The molecule has 0 saturated carbocycles. The number of allylic oxidation sites excluding steroid dienone is 4. The van der Waals surface area contributed by atoms with Crippen LogP contribution in [0.4, 0.5) is 0 Å². The number of methoxy groups -OCH3 is 1. The zero-order valence-electron chi connectivity index (χ0n) is 17.1. The predicted octanol–water partition coefficient (Wildman–Crippen LogP) is 1.51. The van der Waals surface area contributed by atoms with Crippen molar-refractivity contribution in [2.45, 2.75) is 66.3 Å². The summed E-state index contributed by atoms with van der Waals surface area (Å²) >= 11 is -0.0887. The van der Waals surface area contributed by atoms with Gasteiger partial charge in [-0.2, -0.15) is 0 Å². The van der Waals surface area contributed by atoms with Gasteiger partial charge in [-0.25, -0.2) is 0 Å². The van der Waals surface area contributed by atoms with Crippen LogP contribution in [0.1, 0.15) is 48.0 Å². The van der Waals surface area contributed by atoms with Crippen molar-refractivity contribution in [2.75, 3.05) is 7.11 Å². The average Bonchev–Trinajstić information content (AvgIpc) is 2.99. The third kappa shape index (κ3) is 23.1. The standard InChI is InChI=1S/C7H7O.C5H5.3C3H7O.Ti/c1-8-7-5-3-2-4-6-7;1-2-4-5-3-1;3*1-3(2)4;/h3-6H,1H3;1-3H,4H2;3*3H,1-2H3;/q;;3*-1;+3. The van der Waals surface area contributed by atoms with Crippen molar-refractivity contribution in [2.24, 2.45) is 0 Å². The minimum atomic E-state index is -0.417. The van der Waals surface area contributed by atoms with Crippen LogP contribution < -0.4 is 23.9 Å². The van der Waals surface area contributed by atoms with E-state index in [2.05, 4.69) is 30.4 Å². The molecule has 5 heteroatoms. The first-order valence-electron chi connectivity index (χ1n) is 8.82. The fraction of sp³-hybridized carbons (Fsp3) is 0.524. The van der Waals surface area contributed by atoms with E-state index in [1.807, 2.05) is 12.1 Å². The molecule has 0 saturated heterocycles. The minimum absolute atomic E-state index is 0.0887. The molecule has 0 aromatic heterocycles. The third-order valence-corrected chi connectivity index (χ3v) is 4.22. The Bertz CT molecular complexity index is 469. The molecule has 1 aliphatic rings. The molecule has 0 spiro atoms. The molecule has 1 aromatic rings. The summed E-state index contributed by atoms with van der Waals surface area (Å²) in [5.41, 5.74) is 0. The van der Waals surface area contributed by atoms with E-state index >= 15 is 0 Å². The van der Waals surface area contributed by atoms with Crippen molar-refractivity contribution >= 4 is 3.87 Å². The molecule has 0 aliphatic heterocycles. The Hall–Kier alpha value is -0.906. The number of hydrogen-bond donors (Lipinski definition) is 0. The van der Waals surface area contributed by atoms with Crippen molar-refractivity contribution in [3.8, 4) is 5.75 Å². The van der Waals surface area contributed by atoms with Gasteiger partial charge in [0.15, 0.2) is 0 Å². The molecule has 2 rings (SSSR count). The van der Waals surface area contributed by atoms with Gasteiger partial charge in [-0.05, 0) is 0 Å². The first-order valence-corrected chi connectivity index (χ1v) is 10.4. The Kier molecular flexibility index (Phi) is 18.4. The first-order chi connectivity index (χ1) is 12.1. The molecule has 0 fully saturated rings. The van der Waals surface area contributed by atoms with Gasteiger partial charge in [0.05, 0.1) is 0 Å². The van der Waals surface area contributed by atoms with Gasteiger partial charge in [0, 0.05) is 0 Å². The van der Waals surface area contributed by atoms with E-state index in [0.29, 0.717) is 0 Å². The molecule has 0 amide bonds. The van der Waals surface area contributed by atoms with Crippen LogP contribution in [0.15, 0.2) is 46.4 Å². The predicted molar refractivity (Wildman–Crippen MR) is 99.9 cm³/mol. The summed E-state index contributed by atoms with van der Waals surface area (Å²) in [7, 11) is 1.70. The summed E-state index contributed by atoms with van der Waals surface area (Å²) in [4.78, 5) is 0. The van der Waals surface area contributed by atoms with Crippen molar-refractivity contribution in [3.63, 3.8) is 0 Å². The fourth-order valence-corrected chi connectivity index (χ4v) is 3.12. The number of rotatable bonds is 3. The second kappa shape index (κ2) is 17.5. The van der Waals surface area contributed by atoms with E-state index in [9.17, 15) is 15.3 Å². The Morgan fingerprint density at radius 2 is 1.27 bits per heavy atom. The van der Waals surface area contributed by atoms with Crippen molar-refractivity contribution in [1.82, 2.24) is 0 Å². The van der Waals surface area contributed by atoms with E-state index in [-0.39, 0.29) is 19.2 Å². The van der Waals surface area contributed by atoms with Crippen LogP contribution in [0.5, 0.6) is 5.75 Å². The van der Waals surface area contributed by atoms with Crippen molar-refractivity contribution in [1.29, 1.82) is 0 Å². The molecule has 26 heavy (non-hydrogen) atoms. The monoisotopic (exact) mass is 397 g/mol. The van der Waals surface area contributed by atoms with Gasteiger partial charge in [0.2, 0.25) is 0 Å². The first kappa shape index (κ1) is 27.3. The zero-order chi connectivity index (χ0) is 20.5. The van der Waals surface area contributed by atoms with E-state index in [1.165, 1.54) is 3.87 Å². The summed E-state index contributed by atoms with van der Waals surface area (Å²) in [6, 6.07) is 8.44. The molecule has 0 bridgehead atoms. The maximum absolute atomic E-state index is 9.53. The zero-order valence-corrected chi connectivity index (χ0v) is 18.7. The Morgan fingerprint density at radius 3 is 1.58 bits per heavy atom. The third-order valence-electron chi connectivity index (χ3n) is 2.17. The molecule has 1 aromatic carbocycles. The van der Waals surface area contributed by atoms with Crippen molar-refractivity contribution < 1.29 is 39.2 Å². The quantitative estimate of drug-likeness (QED) is 0.725. The molecule has 0 atom stereocenters.